The lowest BCUT2D eigenvalue weighted by atomic mass is 10.2. The van der Waals surface area contributed by atoms with Crippen molar-refractivity contribution in [3.05, 3.63) is 27.7 Å². The van der Waals surface area contributed by atoms with Crippen molar-refractivity contribution in [3.63, 3.8) is 0 Å². The minimum Gasteiger partial charge on any atom is -0.503 e. The average Bonchev–Trinajstić information content (AvgIpc) is 2.80. The molecule has 7 heteroatoms. The van der Waals surface area contributed by atoms with Gasteiger partial charge in [0.15, 0.2) is 5.75 Å². The molecule has 6 nitrogen and oxygen atoms in total. The number of rotatable bonds is 3. The van der Waals surface area contributed by atoms with Crippen LogP contribution in [0.5, 0.6) is 5.75 Å². The standard InChI is InChI=1S/C12H16N2O4S/c1-7-3-10(15)11(16)8(13(7)2)4-14-6-19-5-9(14)12(17)18/h3,9,16H,4-6H2,1-2H3,(H,17,18). The average molecular weight is 284 g/mol. The van der Waals surface area contributed by atoms with Gasteiger partial charge in [0.1, 0.15) is 6.04 Å². The third kappa shape index (κ3) is 2.62. The SMILES string of the molecule is Cc1cc(=O)c(O)c(CN2CSCC2C(=O)O)n1C. The molecule has 0 radical (unpaired) electrons. The molecule has 1 unspecified atom stereocenters. The normalized spacial score (nSPS) is 19.8. The maximum Gasteiger partial charge on any atom is 0.321 e. The van der Waals surface area contributed by atoms with Crippen LogP contribution in [0.4, 0.5) is 0 Å². The summed E-state index contributed by atoms with van der Waals surface area (Å²) in [5.41, 5.74) is 0.764. The fourth-order valence-corrected chi connectivity index (χ4v) is 3.29. The van der Waals surface area contributed by atoms with Crippen LogP contribution >= 0.6 is 11.8 Å². The molecule has 1 aromatic rings. The van der Waals surface area contributed by atoms with E-state index in [1.807, 2.05) is 0 Å². The zero-order chi connectivity index (χ0) is 14.2. The molecule has 1 atom stereocenters. The van der Waals surface area contributed by atoms with Crippen LogP contribution in [0.2, 0.25) is 0 Å². The van der Waals surface area contributed by atoms with E-state index in [1.165, 1.54) is 17.8 Å². The lowest BCUT2D eigenvalue weighted by Crippen LogP contribution is -2.38. The molecule has 1 aromatic heterocycles. The fourth-order valence-electron chi connectivity index (χ4n) is 2.10. The Bertz CT molecular complexity index is 570. The summed E-state index contributed by atoms with van der Waals surface area (Å²) in [4.78, 5) is 24.5. The molecule has 0 bridgehead atoms. The van der Waals surface area contributed by atoms with Crippen molar-refractivity contribution < 1.29 is 15.0 Å². The molecule has 104 valence electrons. The Balaban J connectivity index is 2.34. The van der Waals surface area contributed by atoms with Crippen molar-refractivity contribution in [1.82, 2.24) is 9.47 Å². The van der Waals surface area contributed by atoms with E-state index in [2.05, 4.69) is 0 Å². The van der Waals surface area contributed by atoms with E-state index in [4.69, 9.17) is 5.11 Å². The molecule has 1 aliphatic heterocycles. The molecule has 0 aliphatic carbocycles. The molecule has 0 spiro atoms. The highest BCUT2D eigenvalue weighted by molar-refractivity contribution is 7.99. The number of carboxylic acids is 1. The molecule has 19 heavy (non-hydrogen) atoms. The van der Waals surface area contributed by atoms with Gasteiger partial charge in [0.2, 0.25) is 5.43 Å². The largest absolute Gasteiger partial charge is 0.503 e. The second kappa shape index (κ2) is 5.26. The lowest BCUT2D eigenvalue weighted by Gasteiger charge is -2.22. The van der Waals surface area contributed by atoms with Crippen LogP contribution in [0.1, 0.15) is 11.4 Å². The molecule has 0 amide bonds. The van der Waals surface area contributed by atoms with Crippen molar-refractivity contribution >= 4 is 17.7 Å². The summed E-state index contributed by atoms with van der Waals surface area (Å²) in [7, 11) is 1.75. The van der Waals surface area contributed by atoms with Gasteiger partial charge < -0.3 is 14.8 Å². The van der Waals surface area contributed by atoms with E-state index in [9.17, 15) is 14.7 Å². The number of hydrogen-bond donors (Lipinski definition) is 2. The van der Waals surface area contributed by atoms with E-state index in [0.717, 1.165) is 5.69 Å². The van der Waals surface area contributed by atoms with E-state index in [1.54, 1.807) is 23.4 Å². The van der Waals surface area contributed by atoms with E-state index >= 15 is 0 Å². The Morgan fingerprint density at radius 3 is 2.89 bits per heavy atom. The van der Waals surface area contributed by atoms with Gasteiger partial charge in [-0.05, 0) is 6.92 Å². The Kier molecular flexibility index (Phi) is 3.86. The number of pyridine rings is 1. The van der Waals surface area contributed by atoms with Gasteiger partial charge in [-0.3, -0.25) is 14.5 Å². The summed E-state index contributed by atoms with van der Waals surface area (Å²) in [5, 5.41) is 19.0. The molecule has 1 saturated heterocycles. The van der Waals surface area contributed by atoms with Crippen molar-refractivity contribution in [2.75, 3.05) is 11.6 Å². The Labute approximate surface area is 114 Å². The minimum atomic E-state index is -0.873. The van der Waals surface area contributed by atoms with Gasteiger partial charge in [-0.2, -0.15) is 0 Å². The smallest absolute Gasteiger partial charge is 0.321 e. The monoisotopic (exact) mass is 284 g/mol. The Morgan fingerprint density at radius 2 is 2.26 bits per heavy atom. The van der Waals surface area contributed by atoms with Crippen LogP contribution < -0.4 is 5.43 Å². The van der Waals surface area contributed by atoms with Crippen LogP contribution in [-0.4, -0.2) is 43.3 Å². The molecular weight excluding hydrogens is 268 g/mol. The van der Waals surface area contributed by atoms with Gasteiger partial charge in [0, 0.05) is 37.0 Å². The predicted molar refractivity (Wildman–Crippen MR) is 72.4 cm³/mol. The molecule has 2 heterocycles. The summed E-state index contributed by atoms with van der Waals surface area (Å²) in [6.07, 6.45) is 0. The van der Waals surface area contributed by atoms with Crippen LogP contribution in [0.3, 0.4) is 0 Å². The van der Waals surface area contributed by atoms with Gasteiger partial charge in [0.25, 0.3) is 0 Å². The summed E-state index contributed by atoms with van der Waals surface area (Å²) in [6, 6.07) is 0.798. The van der Waals surface area contributed by atoms with Crippen LogP contribution in [-0.2, 0) is 18.4 Å². The zero-order valence-corrected chi connectivity index (χ0v) is 11.6. The number of aryl methyl sites for hydroxylation is 1. The van der Waals surface area contributed by atoms with Crippen molar-refractivity contribution in [2.24, 2.45) is 7.05 Å². The number of aromatic hydroxyl groups is 1. The first-order valence-electron chi connectivity index (χ1n) is 5.85. The number of carboxylic acid groups (broad SMARTS) is 1. The zero-order valence-electron chi connectivity index (χ0n) is 10.8. The highest BCUT2D eigenvalue weighted by Gasteiger charge is 2.32. The molecule has 2 N–H and O–H groups in total. The van der Waals surface area contributed by atoms with Gasteiger partial charge in [-0.1, -0.05) is 0 Å². The number of carbonyl (C=O) groups is 1. The van der Waals surface area contributed by atoms with Gasteiger partial charge in [0.05, 0.1) is 5.69 Å². The summed E-state index contributed by atoms with van der Waals surface area (Å²) < 4.78 is 1.72. The molecule has 1 fully saturated rings. The highest BCUT2D eigenvalue weighted by atomic mass is 32.2. The quantitative estimate of drug-likeness (QED) is 0.834. The fraction of sp³-hybridized carbons (Fsp3) is 0.500. The third-order valence-electron chi connectivity index (χ3n) is 3.39. The van der Waals surface area contributed by atoms with Crippen LogP contribution in [0.25, 0.3) is 0 Å². The molecule has 0 aromatic carbocycles. The second-order valence-corrected chi connectivity index (χ2v) is 5.60. The highest BCUT2D eigenvalue weighted by Crippen LogP contribution is 2.25. The van der Waals surface area contributed by atoms with Gasteiger partial charge in [-0.15, -0.1) is 11.8 Å². The maximum absolute atomic E-state index is 11.6. The van der Waals surface area contributed by atoms with Crippen LogP contribution in [0, 0.1) is 6.92 Å². The summed E-state index contributed by atoms with van der Waals surface area (Å²) in [6.45, 7) is 2.03. The number of aromatic nitrogens is 1. The lowest BCUT2D eigenvalue weighted by molar-refractivity contribution is -0.141. The first-order chi connectivity index (χ1) is 8.91. The van der Waals surface area contributed by atoms with E-state index in [-0.39, 0.29) is 12.3 Å². The number of nitrogens with zero attached hydrogens (tertiary/aromatic N) is 2. The first-order valence-corrected chi connectivity index (χ1v) is 7.00. The van der Waals surface area contributed by atoms with Gasteiger partial charge in [-0.25, -0.2) is 0 Å². The molecular formula is C12H16N2O4S. The van der Waals surface area contributed by atoms with Crippen molar-refractivity contribution in [3.8, 4) is 5.75 Å². The third-order valence-corrected chi connectivity index (χ3v) is 4.46. The molecule has 1 aliphatic rings. The Hall–Kier alpha value is -1.47. The Morgan fingerprint density at radius 1 is 1.58 bits per heavy atom. The van der Waals surface area contributed by atoms with Gasteiger partial charge >= 0.3 is 5.97 Å². The second-order valence-electron chi connectivity index (χ2n) is 4.61. The predicted octanol–water partition coefficient (Wildman–Crippen LogP) is 0.359. The van der Waals surface area contributed by atoms with E-state index in [0.29, 0.717) is 17.3 Å². The topological polar surface area (TPSA) is 82.8 Å². The minimum absolute atomic E-state index is 0.253. The van der Waals surface area contributed by atoms with Crippen molar-refractivity contribution in [2.45, 2.75) is 19.5 Å². The van der Waals surface area contributed by atoms with E-state index < -0.39 is 17.4 Å². The summed E-state index contributed by atoms with van der Waals surface area (Å²) in [5.74, 6) is -0.0646. The molecule has 2 rings (SSSR count). The number of aliphatic carboxylic acids is 1. The summed E-state index contributed by atoms with van der Waals surface area (Å²) >= 11 is 1.53. The van der Waals surface area contributed by atoms with Crippen LogP contribution in [0.15, 0.2) is 10.9 Å². The first kappa shape index (κ1) is 14.0. The number of thioether (sulfide) groups is 1. The van der Waals surface area contributed by atoms with Crippen molar-refractivity contribution in [1.29, 1.82) is 0 Å². The number of hydrogen-bond acceptors (Lipinski definition) is 5. The molecule has 0 saturated carbocycles. The maximum atomic E-state index is 11.6.